The summed E-state index contributed by atoms with van der Waals surface area (Å²) in [5.74, 6) is -1.63. The molecular weight excluding hydrogens is 138 g/mol. The van der Waals surface area contributed by atoms with Crippen LogP contribution in [0.2, 0.25) is 0 Å². The minimum absolute atomic E-state index is 0.562. The summed E-state index contributed by atoms with van der Waals surface area (Å²) < 4.78 is 0. The number of carbonyl (C=O) groups is 2. The lowest BCUT2D eigenvalue weighted by Crippen LogP contribution is -2.34. The Morgan fingerprint density at radius 1 is 1.60 bits per heavy atom. The molecule has 0 aromatic carbocycles. The first-order valence-corrected chi connectivity index (χ1v) is 2.69. The number of nitrogens with one attached hydrogen (secondary N) is 1. The van der Waals surface area contributed by atoms with E-state index in [-0.39, 0.29) is 0 Å². The zero-order valence-corrected chi connectivity index (χ0v) is 5.75. The van der Waals surface area contributed by atoms with E-state index in [0.29, 0.717) is 0 Å². The summed E-state index contributed by atoms with van der Waals surface area (Å²) in [6, 6.07) is -0.871. The number of carboxylic acids is 1. The topological polar surface area (TPSA) is 75.6 Å². The third kappa shape index (κ3) is 3.85. The minimum Gasteiger partial charge on any atom is -0.480 e. The third-order valence-corrected chi connectivity index (χ3v) is 0.750. The van der Waals surface area contributed by atoms with Crippen LogP contribution in [0.5, 0.6) is 0 Å². The van der Waals surface area contributed by atoms with Crippen molar-refractivity contribution in [2.75, 3.05) is 0 Å². The van der Waals surface area contributed by atoms with Gasteiger partial charge >= 0.3 is 11.9 Å². The number of carbonyl (C=O) groups excluding carboxylic acids is 1. The highest BCUT2D eigenvalue weighted by Crippen LogP contribution is 1.80. The van der Waals surface area contributed by atoms with E-state index in [1.54, 1.807) is 0 Å². The summed E-state index contributed by atoms with van der Waals surface area (Å²) in [7, 11) is 0. The molecule has 0 radical (unpaired) electrons. The lowest BCUT2D eigenvalue weighted by Gasteiger charge is -2.06. The lowest BCUT2D eigenvalue weighted by molar-refractivity contribution is -0.155. The molecule has 10 heavy (non-hydrogen) atoms. The molecule has 5 heteroatoms. The quantitative estimate of drug-likeness (QED) is 0.527. The molecule has 0 aromatic rings. The van der Waals surface area contributed by atoms with Crippen LogP contribution in [0.1, 0.15) is 13.8 Å². The molecule has 0 fully saturated rings. The summed E-state index contributed by atoms with van der Waals surface area (Å²) in [5.41, 5.74) is 2.03. The van der Waals surface area contributed by atoms with Gasteiger partial charge < -0.3 is 9.94 Å². The molecule has 0 aliphatic heterocycles. The van der Waals surface area contributed by atoms with Gasteiger partial charge in [-0.2, -0.15) is 0 Å². The van der Waals surface area contributed by atoms with Crippen LogP contribution >= 0.6 is 0 Å². The highest BCUT2D eigenvalue weighted by molar-refractivity contribution is 5.73. The molecule has 2 N–H and O–H groups in total. The Balaban J connectivity index is 3.49. The second-order valence-corrected chi connectivity index (χ2v) is 1.77. The van der Waals surface area contributed by atoms with Crippen molar-refractivity contribution in [1.82, 2.24) is 5.48 Å². The number of hydroxylamine groups is 1. The Labute approximate surface area is 57.9 Å². The van der Waals surface area contributed by atoms with Crippen molar-refractivity contribution in [3.05, 3.63) is 0 Å². The fourth-order valence-electron chi connectivity index (χ4n) is 0.222. The third-order valence-electron chi connectivity index (χ3n) is 0.750. The first-order valence-electron chi connectivity index (χ1n) is 2.69. The maximum atomic E-state index is 10.1. The fraction of sp³-hybridized carbons (Fsp3) is 0.600. The zero-order valence-electron chi connectivity index (χ0n) is 5.75. The van der Waals surface area contributed by atoms with Crippen LogP contribution in [0.4, 0.5) is 0 Å². The van der Waals surface area contributed by atoms with Gasteiger partial charge in [0.05, 0.1) is 0 Å². The normalized spacial score (nSPS) is 12.2. The predicted molar refractivity (Wildman–Crippen MR) is 32.0 cm³/mol. The molecule has 5 nitrogen and oxygen atoms in total. The average molecular weight is 147 g/mol. The Hall–Kier alpha value is -1.10. The van der Waals surface area contributed by atoms with Crippen LogP contribution in [0, 0.1) is 0 Å². The first-order chi connectivity index (χ1) is 4.54. The molecule has 1 atom stereocenters. The highest BCUT2D eigenvalue weighted by Gasteiger charge is 2.10. The van der Waals surface area contributed by atoms with Gasteiger partial charge in [0.2, 0.25) is 0 Å². The molecule has 0 spiro atoms. The van der Waals surface area contributed by atoms with Crippen molar-refractivity contribution >= 4 is 11.9 Å². The fourth-order valence-corrected chi connectivity index (χ4v) is 0.222. The largest absolute Gasteiger partial charge is 0.480 e. The molecule has 1 unspecified atom stereocenters. The maximum Gasteiger partial charge on any atom is 0.323 e. The van der Waals surface area contributed by atoms with E-state index in [1.807, 2.05) is 5.48 Å². The van der Waals surface area contributed by atoms with E-state index in [0.717, 1.165) is 0 Å². The summed E-state index contributed by atoms with van der Waals surface area (Å²) in [4.78, 5) is 24.3. The van der Waals surface area contributed by atoms with E-state index < -0.39 is 18.0 Å². The summed E-state index contributed by atoms with van der Waals surface area (Å²) in [5, 5.41) is 8.24. The van der Waals surface area contributed by atoms with Crippen molar-refractivity contribution < 1.29 is 19.5 Å². The monoisotopic (exact) mass is 147 g/mol. The molecular formula is C5H9NO4. The van der Waals surface area contributed by atoms with E-state index in [1.165, 1.54) is 13.8 Å². The number of aliphatic carboxylic acids is 1. The van der Waals surface area contributed by atoms with Crippen LogP contribution in [0.3, 0.4) is 0 Å². The van der Waals surface area contributed by atoms with Crippen molar-refractivity contribution in [2.45, 2.75) is 19.9 Å². The molecule has 0 amide bonds. The van der Waals surface area contributed by atoms with Crippen LogP contribution < -0.4 is 5.48 Å². The standard InChI is InChI=1S/C5H9NO4/c1-3(5(8)9)6-10-4(2)7/h3,6H,1-2H3,(H,8,9). The maximum absolute atomic E-state index is 10.1. The van der Waals surface area contributed by atoms with E-state index in [9.17, 15) is 9.59 Å². The van der Waals surface area contributed by atoms with Crippen LogP contribution in [0.15, 0.2) is 0 Å². The molecule has 0 aliphatic rings. The van der Waals surface area contributed by atoms with Crippen molar-refractivity contribution in [3.63, 3.8) is 0 Å². The van der Waals surface area contributed by atoms with Gasteiger partial charge in [-0.25, -0.2) is 0 Å². The molecule has 0 aromatic heterocycles. The Kier molecular flexibility index (Phi) is 3.42. The van der Waals surface area contributed by atoms with Gasteiger partial charge in [-0.05, 0) is 6.92 Å². The second kappa shape index (κ2) is 3.84. The number of rotatable bonds is 3. The van der Waals surface area contributed by atoms with E-state index in [2.05, 4.69) is 4.84 Å². The van der Waals surface area contributed by atoms with Gasteiger partial charge in [0.15, 0.2) is 0 Å². The van der Waals surface area contributed by atoms with E-state index >= 15 is 0 Å². The van der Waals surface area contributed by atoms with Gasteiger partial charge in [0.25, 0.3) is 0 Å². The van der Waals surface area contributed by atoms with Gasteiger partial charge in [0.1, 0.15) is 6.04 Å². The van der Waals surface area contributed by atoms with Gasteiger partial charge in [-0.3, -0.25) is 9.59 Å². The molecule has 58 valence electrons. The molecule has 0 saturated carbocycles. The van der Waals surface area contributed by atoms with Gasteiger partial charge in [0, 0.05) is 6.92 Å². The predicted octanol–water partition coefficient (Wildman–Crippen LogP) is -0.473. The molecule has 0 rings (SSSR count). The minimum atomic E-state index is -1.07. The first kappa shape index (κ1) is 8.90. The Bertz CT molecular complexity index is 145. The van der Waals surface area contributed by atoms with Crippen molar-refractivity contribution in [1.29, 1.82) is 0 Å². The lowest BCUT2D eigenvalue weighted by atomic mass is 10.4. The second-order valence-electron chi connectivity index (χ2n) is 1.77. The molecule has 0 saturated heterocycles. The molecule has 0 aliphatic carbocycles. The Morgan fingerprint density at radius 3 is 2.40 bits per heavy atom. The number of carboxylic acid groups (broad SMARTS) is 1. The zero-order chi connectivity index (χ0) is 8.15. The van der Waals surface area contributed by atoms with Gasteiger partial charge in [-0.15, -0.1) is 5.48 Å². The number of hydrogen-bond donors (Lipinski definition) is 2. The van der Waals surface area contributed by atoms with Crippen molar-refractivity contribution in [2.24, 2.45) is 0 Å². The van der Waals surface area contributed by atoms with Crippen molar-refractivity contribution in [3.8, 4) is 0 Å². The van der Waals surface area contributed by atoms with E-state index in [4.69, 9.17) is 5.11 Å². The van der Waals surface area contributed by atoms with Crippen LogP contribution in [-0.2, 0) is 14.4 Å². The number of hydrogen-bond acceptors (Lipinski definition) is 4. The summed E-state index contributed by atoms with van der Waals surface area (Å²) in [6.07, 6.45) is 0. The Morgan fingerprint density at radius 2 is 2.10 bits per heavy atom. The SMILES string of the molecule is CC(=O)ONC(C)C(=O)O. The van der Waals surface area contributed by atoms with Crippen LogP contribution in [0.25, 0.3) is 0 Å². The smallest absolute Gasteiger partial charge is 0.323 e. The summed E-state index contributed by atoms with van der Waals surface area (Å²) in [6.45, 7) is 2.55. The molecule has 0 heterocycles. The van der Waals surface area contributed by atoms with Gasteiger partial charge in [-0.1, -0.05) is 0 Å². The average Bonchev–Trinajstić information content (AvgIpc) is 1.82. The highest BCUT2D eigenvalue weighted by atomic mass is 16.7. The summed E-state index contributed by atoms with van der Waals surface area (Å²) >= 11 is 0. The van der Waals surface area contributed by atoms with Crippen LogP contribution in [-0.4, -0.2) is 23.1 Å². The molecule has 0 bridgehead atoms.